The number of benzene rings is 1. The number of nitrogens with one attached hydrogen (secondary N) is 3. The molecule has 1 heterocycles. The van der Waals surface area contributed by atoms with Crippen LogP contribution in [0.5, 0.6) is 0 Å². The zero-order valence-corrected chi connectivity index (χ0v) is 11.8. The van der Waals surface area contributed by atoms with E-state index in [0.717, 1.165) is 13.1 Å². The third kappa shape index (κ3) is 4.35. The fourth-order valence-electron chi connectivity index (χ4n) is 2.62. The normalized spacial score (nSPS) is 22.1. The average molecular weight is 276 g/mol. The maximum absolute atomic E-state index is 11.8. The Morgan fingerprint density at radius 3 is 2.70 bits per heavy atom. The van der Waals surface area contributed by atoms with Gasteiger partial charge in [0, 0.05) is 11.5 Å². The van der Waals surface area contributed by atoms with Gasteiger partial charge in [-0.25, -0.2) is 0 Å². The van der Waals surface area contributed by atoms with E-state index in [2.05, 4.69) is 17.8 Å². The first kappa shape index (κ1) is 14.5. The van der Waals surface area contributed by atoms with Gasteiger partial charge in [-0.2, -0.15) is 0 Å². The Bertz CT molecular complexity index is 461. The summed E-state index contributed by atoms with van der Waals surface area (Å²) in [5, 5.41) is 0. The minimum absolute atomic E-state index is 0.140. The molecule has 0 bridgehead atoms. The van der Waals surface area contributed by atoms with Gasteiger partial charge in [-0.05, 0) is 25.0 Å². The Morgan fingerprint density at radius 1 is 1.25 bits per heavy atom. The van der Waals surface area contributed by atoms with Gasteiger partial charge >= 0.3 is 0 Å². The topological polar surface area (TPSA) is 62.6 Å². The fraction of sp³-hybridized carbons (Fsp3) is 0.467. The zero-order valence-electron chi connectivity index (χ0n) is 11.8. The predicted molar refractivity (Wildman–Crippen MR) is 76.0 cm³/mol. The van der Waals surface area contributed by atoms with Crippen molar-refractivity contribution in [2.75, 3.05) is 19.6 Å². The number of carbonyl (C=O) groups excluding carboxylic acids is 2. The van der Waals surface area contributed by atoms with Crippen LogP contribution in [-0.4, -0.2) is 31.4 Å². The van der Waals surface area contributed by atoms with Gasteiger partial charge in [0.1, 0.15) is 0 Å². The molecule has 1 aromatic carbocycles. The highest BCUT2D eigenvalue weighted by molar-refractivity contribution is 5.95. The maximum Gasteiger partial charge on any atom is 0.293 e. The van der Waals surface area contributed by atoms with Crippen LogP contribution < -0.4 is 15.8 Å². The van der Waals surface area contributed by atoms with E-state index in [1.54, 1.807) is 24.3 Å². The maximum atomic E-state index is 11.8. The first-order chi connectivity index (χ1) is 9.65. The smallest absolute Gasteiger partial charge is 0.293 e. The third-order valence-electron chi connectivity index (χ3n) is 3.63. The molecule has 2 rings (SSSR count). The molecule has 5 heteroatoms. The Labute approximate surface area is 119 Å². The first-order valence-electron chi connectivity index (χ1n) is 7.13. The van der Waals surface area contributed by atoms with Gasteiger partial charge in [-0.15, -0.1) is 0 Å². The number of carbonyl (C=O) groups is 2. The van der Waals surface area contributed by atoms with Crippen molar-refractivity contribution >= 4 is 11.8 Å². The second-order valence-corrected chi connectivity index (χ2v) is 5.50. The van der Waals surface area contributed by atoms with Gasteiger partial charge < -0.3 is 4.90 Å². The molecule has 1 unspecified atom stereocenters. The summed E-state index contributed by atoms with van der Waals surface area (Å²) in [6, 6.07) is 8.83. The minimum Gasteiger partial charge on any atom is -0.327 e. The van der Waals surface area contributed by atoms with Crippen molar-refractivity contribution in [1.82, 2.24) is 10.9 Å². The number of hydrogen-bond donors (Lipinski definition) is 3. The molecule has 1 aliphatic heterocycles. The number of likely N-dealkylation sites (tertiary alicyclic amines) is 1. The van der Waals surface area contributed by atoms with E-state index in [-0.39, 0.29) is 11.8 Å². The molecule has 1 saturated heterocycles. The van der Waals surface area contributed by atoms with Gasteiger partial charge in [0.2, 0.25) is 0 Å². The highest BCUT2D eigenvalue weighted by Gasteiger charge is 2.22. The van der Waals surface area contributed by atoms with Gasteiger partial charge in [0.15, 0.2) is 6.54 Å². The Kier molecular flexibility index (Phi) is 5.12. The van der Waals surface area contributed by atoms with Gasteiger partial charge in [-0.1, -0.05) is 25.1 Å². The minimum atomic E-state index is -0.291. The van der Waals surface area contributed by atoms with Crippen molar-refractivity contribution in [2.45, 2.75) is 19.8 Å². The van der Waals surface area contributed by atoms with Crippen molar-refractivity contribution in [3.63, 3.8) is 0 Å². The summed E-state index contributed by atoms with van der Waals surface area (Å²) in [6.07, 6.45) is 2.41. The number of hydrazine groups is 1. The molecule has 5 nitrogen and oxygen atoms in total. The molecule has 2 amide bonds. The molecule has 1 aliphatic rings. The van der Waals surface area contributed by atoms with Gasteiger partial charge in [0.05, 0.1) is 13.1 Å². The molecule has 0 aliphatic carbocycles. The van der Waals surface area contributed by atoms with Crippen LogP contribution in [0.3, 0.4) is 0 Å². The second kappa shape index (κ2) is 7.05. The van der Waals surface area contributed by atoms with Crippen LogP contribution in [-0.2, 0) is 4.79 Å². The van der Waals surface area contributed by atoms with Crippen LogP contribution >= 0.6 is 0 Å². The van der Waals surface area contributed by atoms with Crippen molar-refractivity contribution in [3.8, 4) is 0 Å². The standard InChI is InChI=1S/C15H21N3O2/c1-12-6-5-9-18(10-12)11-14(19)16-17-15(20)13-7-3-2-4-8-13/h2-4,7-8,12H,5-6,9-11H2,1H3,(H,16,19)(H,17,20)/p+1/t12-/m0/s1. The van der Waals surface area contributed by atoms with E-state index in [4.69, 9.17) is 0 Å². The van der Waals surface area contributed by atoms with Crippen LogP contribution in [0.25, 0.3) is 0 Å². The Balaban J connectivity index is 1.73. The summed E-state index contributed by atoms with van der Waals surface area (Å²) in [4.78, 5) is 24.9. The summed E-state index contributed by atoms with van der Waals surface area (Å²) in [5.74, 6) is 0.241. The van der Waals surface area contributed by atoms with Crippen LogP contribution in [0.1, 0.15) is 30.1 Å². The fourth-order valence-corrected chi connectivity index (χ4v) is 2.62. The summed E-state index contributed by atoms with van der Waals surface area (Å²) < 4.78 is 0. The second-order valence-electron chi connectivity index (χ2n) is 5.50. The zero-order chi connectivity index (χ0) is 14.4. The van der Waals surface area contributed by atoms with Gasteiger partial charge in [-0.3, -0.25) is 20.4 Å². The van der Waals surface area contributed by atoms with Crippen molar-refractivity contribution in [2.24, 2.45) is 5.92 Å². The summed E-state index contributed by atoms with van der Waals surface area (Å²) in [5.41, 5.74) is 5.47. The SMILES string of the molecule is C[C@H]1CCC[NH+](CC(=O)NNC(=O)c2ccccc2)C1. The quantitative estimate of drug-likeness (QED) is 0.667. The van der Waals surface area contributed by atoms with Crippen LogP contribution in [0, 0.1) is 5.92 Å². The van der Waals surface area contributed by atoms with E-state index in [1.165, 1.54) is 17.7 Å². The van der Waals surface area contributed by atoms with Crippen LogP contribution in [0.4, 0.5) is 0 Å². The molecule has 1 aromatic rings. The van der Waals surface area contributed by atoms with Crippen molar-refractivity contribution < 1.29 is 14.5 Å². The monoisotopic (exact) mass is 276 g/mol. The number of quaternary nitrogens is 1. The Morgan fingerprint density at radius 2 is 2.00 bits per heavy atom. The molecule has 0 radical (unpaired) electrons. The molecule has 0 saturated carbocycles. The average Bonchev–Trinajstić information content (AvgIpc) is 2.46. The third-order valence-corrected chi connectivity index (χ3v) is 3.63. The highest BCUT2D eigenvalue weighted by atomic mass is 16.2. The Hall–Kier alpha value is -1.88. The van der Waals surface area contributed by atoms with Crippen LogP contribution in [0.15, 0.2) is 30.3 Å². The molecule has 108 valence electrons. The molecule has 1 fully saturated rings. The summed E-state index contributed by atoms with van der Waals surface area (Å²) >= 11 is 0. The van der Waals surface area contributed by atoms with E-state index in [1.807, 2.05) is 6.07 Å². The lowest BCUT2D eigenvalue weighted by Gasteiger charge is -2.27. The van der Waals surface area contributed by atoms with E-state index in [0.29, 0.717) is 18.0 Å². The first-order valence-corrected chi connectivity index (χ1v) is 7.13. The molecular weight excluding hydrogens is 254 g/mol. The van der Waals surface area contributed by atoms with E-state index in [9.17, 15) is 9.59 Å². The van der Waals surface area contributed by atoms with E-state index >= 15 is 0 Å². The van der Waals surface area contributed by atoms with Gasteiger partial charge in [0.25, 0.3) is 11.8 Å². The lowest BCUT2D eigenvalue weighted by Crippen LogP contribution is -3.14. The number of rotatable bonds is 3. The molecule has 0 aromatic heterocycles. The van der Waals surface area contributed by atoms with Crippen molar-refractivity contribution in [3.05, 3.63) is 35.9 Å². The molecule has 2 atom stereocenters. The predicted octanol–water partition coefficient (Wildman–Crippen LogP) is -0.238. The molecule has 3 N–H and O–H groups in total. The number of amides is 2. The molecule has 20 heavy (non-hydrogen) atoms. The largest absolute Gasteiger partial charge is 0.327 e. The number of hydrogen-bond acceptors (Lipinski definition) is 2. The van der Waals surface area contributed by atoms with Crippen LogP contribution in [0.2, 0.25) is 0 Å². The molecular formula is C15H22N3O2+. The molecule has 0 spiro atoms. The number of piperidine rings is 1. The lowest BCUT2D eigenvalue weighted by atomic mass is 10.0. The summed E-state index contributed by atoms with van der Waals surface area (Å²) in [7, 11) is 0. The summed E-state index contributed by atoms with van der Waals surface area (Å²) in [6.45, 7) is 4.69. The van der Waals surface area contributed by atoms with Crippen molar-refractivity contribution in [1.29, 1.82) is 0 Å². The lowest BCUT2D eigenvalue weighted by molar-refractivity contribution is -0.900. The van der Waals surface area contributed by atoms with E-state index < -0.39 is 0 Å². The highest BCUT2D eigenvalue weighted by Crippen LogP contribution is 2.04.